The van der Waals surface area contributed by atoms with E-state index in [-0.39, 0.29) is 5.75 Å². The van der Waals surface area contributed by atoms with Gasteiger partial charge in [-0.2, -0.15) is 0 Å². The molecule has 0 fully saturated rings. The lowest BCUT2D eigenvalue weighted by molar-refractivity contribution is 0.410. The zero-order chi connectivity index (χ0) is 8.43. The Balaban J connectivity index is 3.21. The van der Waals surface area contributed by atoms with Crippen LogP contribution in [0.2, 0.25) is 0 Å². The third kappa shape index (κ3) is 1.57. The van der Waals surface area contributed by atoms with Crippen molar-refractivity contribution in [3.05, 3.63) is 16.6 Å². The number of hydrogen-bond donors (Lipinski definition) is 2. The van der Waals surface area contributed by atoms with Gasteiger partial charge in [-0.05, 0) is 22.0 Å². The first kappa shape index (κ1) is 8.20. The second-order valence-corrected chi connectivity index (χ2v) is 2.90. The van der Waals surface area contributed by atoms with E-state index in [0.717, 1.165) is 0 Å². The third-order valence-electron chi connectivity index (χ3n) is 1.30. The predicted molar refractivity (Wildman–Crippen MR) is 46.8 cm³/mol. The molecule has 0 heterocycles. The second-order valence-electron chi connectivity index (χ2n) is 2.05. The molecule has 1 aromatic carbocycles. The topological polar surface area (TPSA) is 55.5 Å². The van der Waals surface area contributed by atoms with Crippen molar-refractivity contribution in [2.75, 3.05) is 12.8 Å². The summed E-state index contributed by atoms with van der Waals surface area (Å²) in [6, 6.07) is 3.05. The summed E-state index contributed by atoms with van der Waals surface area (Å²) in [5.41, 5.74) is 5.72. The van der Waals surface area contributed by atoms with Crippen LogP contribution in [0.15, 0.2) is 16.6 Å². The van der Waals surface area contributed by atoms with Gasteiger partial charge < -0.3 is 15.6 Å². The van der Waals surface area contributed by atoms with Gasteiger partial charge >= 0.3 is 0 Å². The number of benzene rings is 1. The van der Waals surface area contributed by atoms with Crippen molar-refractivity contribution in [3.63, 3.8) is 0 Å². The first-order valence-corrected chi connectivity index (χ1v) is 3.76. The molecule has 0 bridgehead atoms. The molecule has 3 nitrogen and oxygen atoms in total. The Labute approximate surface area is 72.9 Å². The van der Waals surface area contributed by atoms with Gasteiger partial charge in [0.2, 0.25) is 0 Å². The van der Waals surface area contributed by atoms with Crippen molar-refractivity contribution in [2.24, 2.45) is 0 Å². The molecular formula is C7H8BrNO2. The van der Waals surface area contributed by atoms with Crippen molar-refractivity contribution in [1.29, 1.82) is 0 Å². The lowest BCUT2D eigenvalue weighted by Gasteiger charge is -2.05. The number of hydrogen-bond acceptors (Lipinski definition) is 3. The molecule has 0 atom stereocenters. The van der Waals surface area contributed by atoms with E-state index in [1.165, 1.54) is 13.2 Å². The number of aromatic hydroxyl groups is 1. The van der Waals surface area contributed by atoms with E-state index >= 15 is 0 Å². The van der Waals surface area contributed by atoms with E-state index in [0.29, 0.717) is 15.9 Å². The third-order valence-corrected chi connectivity index (χ3v) is 1.92. The van der Waals surface area contributed by atoms with Gasteiger partial charge in [-0.25, -0.2) is 0 Å². The van der Waals surface area contributed by atoms with Crippen LogP contribution in [-0.4, -0.2) is 12.2 Å². The van der Waals surface area contributed by atoms with Crippen LogP contribution < -0.4 is 10.5 Å². The number of halogens is 1. The fourth-order valence-corrected chi connectivity index (χ4v) is 1.21. The zero-order valence-corrected chi connectivity index (χ0v) is 7.55. The first-order chi connectivity index (χ1) is 5.15. The van der Waals surface area contributed by atoms with E-state index < -0.39 is 0 Å². The molecule has 1 aromatic rings. The van der Waals surface area contributed by atoms with Crippen molar-refractivity contribution in [3.8, 4) is 11.5 Å². The molecule has 0 amide bonds. The van der Waals surface area contributed by atoms with Crippen molar-refractivity contribution >= 4 is 21.6 Å². The van der Waals surface area contributed by atoms with Crippen LogP contribution in [0.5, 0.6) is 11.5 Å². The highest BCUT2D eigenvalue weighted by molar-refractivity contribution is 9.10. The molecule has 0 aliphatic heterocycles. The summed E-state index contributed by atoms with van der Waals surface area (Å²) in [5, 5.41) is 9.11. The quantitative estimate of drug-likeness (QED) is 0.557. The van der Waals surface area contributed by atoms with Gasteiger partial charge in [-0.1, -0.05) is 0 Å². The summed E-state index contributed by atoms with van der Waals surface area (Å²) < 4.78 is 5.63. The SMILES string of the molecule is COc1cc(N)c(O)cc1Br. The van der Waals surface area contributed by atoms with Gasteiger partial charge in [0, 0.05) is 6.07 Å². The van der Waals surface area contributed by atoms with Crippen LogP contribution >= 0.6 is 15.9 Å². The average Bonchev–Trinajstić information content (AvgIpc) is 1.97. The summed E-state index contributed by atoms with van der Waals surface area (Å²) >= 11 is 3.20. The number of nitrogens with two attached hydrogens (primary N) is 1. The molecule has 0 aliphatic carbocycles. The minimum Gasteiger partial charge on any atom is -0.506 e. The molecule has 0 aromatic heterocycles. The number of methoxy groups -OCH3 is 1. The second kappa shape index (κ2) is 3.00. The van der Waals surface area contributed by atoms with Crippen molar-refractivity contribution in [2.45, 2.75) is 0 Å². The number of phenols is 1. The number of rotatable bonds is 1. The molecule has 0 spiro atoms. The molecule has 0 radical (unpaired) electrons. The highest BCUT2D eigenvalue weighted by Crippen LogP contribution is 2.33. The molecule has 0 aliphatic rings. The fourth-order valence-electron chi connectivity index (χ4n) is 0.715. The summed E-state index contributed by atoms with van der Waals surface area (Å²) in [4.78, 5) is 0. The highest BCUT2D eigenvalue weighted by Gasteiger charge is 2.03. The van der Waals surface area contributed by atoms with E-state index in [9.17, 15) is 0 Å². The molecule has 11 heavy (non-hydrogen) atoms. The maximum absolute atomic E-state index is 9.11. The summed E-state index contributed by atoms with van der Waals surface area (Å²) in [5.74, 6) is 0.665. The molecule has 0 unspecified atom stereocenters. The Kier molecular flexibility index (Phi) is 2.24. The Hall–Kier alpha value is -0.900. The smallest absolute Gasteiger partial charge is 0.139 e. The molecule has 0 saturated heterocycles. The Bertz CT molecular complexity index is 275. The average molecular weight is 218 g/mol. The highest BCUT2D eigenvalue weighted by atomic mass is 79.9. The normalized spacial score (nSPS) is 9.64. The van der Waals surface area contributed by atoms with Gasteiger partial charge in [-0.15, -0.1) is 0 Å². The molecule has 60 valence electrons. The van der Waals surface area contributed by atoms with Gasteiger partial charge in [0.05, 0.1) is 17.3 Å². The summed E-state index contributed by atoms with van der Waals surface area (Å²) in [7, 11) is 1.54. The van der Waals surface area contributed by atoms with Crippen molar-refractivity contribution < 1.29 is 9.84 Å². The molecular weight excluding hydrogens is 210 g/mol. The standard InChI is InChI=1S/C7H8BrNO2/c1-11-7-3-5(9)6(10)2-4(7)8/h2-3,10H,9H2,1H3. The van der Waals surface area contributed by atoms with Crippen LogP contribution in [-0.2, 0) is 0 Å². The zero-order valence-electron chi connectivity index (χ0n) is 5.97. The fraction of sp³-hybridized carbons (Fsp3) is 0.143. The lowest BCUT2D eigenvalue weighted by atomic mass is 10.3. The maximum atomic E-state index is 9.11. The Morgan fingerprint density at radius 2 is 2.18 bits per heavy atom. The maximum Gasteiger partial charge on any atom is 0.139 e. The molecule has 0 saturated carbocycles. The van der Waals surface area contributed by atoms with Crippen LogP contribution in [0, 0.1) is 0 Å². The van der Waals surface area contributed by atoms with Crippen LogP contribution in [0.4, 0.5) is 5.69 Å². The molecule has 3 N–H and O–H groups in total. The number of phenolic OH excluding ortho intramolecular Hbond substituents is 1. The van der Waals surface area contributed by atoms with E-state index in [4.69, 9.17) is 15.6 Å². The summed E-state index contributed by atoms with van der Waals surface area (Å²) in [6.07, 6.45) is 0. The predicted octanol–water partition coefficient (Wildman–Crippen LogP) is 1.75. The number of nitrogen functional groups attached to an aromatic ring is 1. The van der Waals surface area contributed by atoms with Gasteiger partial charge in [0.15, 0.2) is 0 Å². The van der Waals surface area contributed by atoms with Gasteiger partial charge in [0.1, 0.15) is 11.5 Å². The monoisotopic (exact) mass is 217 g/mol. The van der Waals surface area contributed by atoms with Gasteiger partial charge in [0.25, 0.3) is 0 Å². The lowest BCUT2D eigenvalue weighted by Crippen LogP contribution is -1.89. The Morgan fingerprint density at radius 3 is 2.73 bits per heavy atom. The van der Waals surface area contributed by atoms with E-state index in [1.807, 2.05) is 0 Å². The Morgan fingerprint density at radius 1 is 1.55 bits per heavy atom. The van der Waals surface area contributed by atoms with Crippen molar-refractivity contribution in [1.82, 2.24) is 0 Å². The summed E-state index contributed by atoms with van der Waals surface area (Å²) in [6.45, 7) is 0. The van der Waals surface area contributed by atoms with E-state index in [2.05, 4.69) is 15.9 Å². The molecule has 4 heteroatoms. The first-order valence-electron chi connectivity index (χ1n) is 2.97. The minimum atomic E-state index is 0.0534. The largest absolute Gasteiger partial charge is 0.506 e. The van der Waals surface area contributed by atoms with Crippen LogP contribution in [0.1, 0.15) is 0 Å². The minimum absolute atomic E-state index is 0.0534. The van der Waals surface area contributed by atoms with Crippen LogP contribution in [0.25, 0.3) is 0 Å². The van der Waals surface area contributed by atoms with E-state index in [1.54, 1.807) is 6.07 Å². The number of ether oxygens (including phenoxy) is 1. The van der Waals surface area contributed by atoms with Crippen LogP contribution in [0.3, 0.4) is 0 Å². The molecule has 1 rings (SSSR count). The number of anilines is 1. The van der Waals surface area contributed by atoms with Gasteiger partial charge in [-0.3, -0.25) is 0 Å².